The minimum atomic E-state index is -0.381. The zero-order valence-corrected chi connectivity index (χ0v) is 14.0. The number of nitrogens with zero attached hydrogens (tertiary/aromatic N) is 1. The molecule has 0 unspecified atom stereocenters. The maximum Gasteiger partial charge on any atom is 0.259 e. The zero-order valence-electron chi connectivity index (χ0n) is 11.7. The lowest BCUT2D eigenvalue weighted by Crippen LogP contribution is -2.25. The van der Waals surface area contributed by atoms with Gasteiger partial charge < -0.3 is 10.4 Å². The van der Waals surface area contributed by atoms with Crippen LogP contribution in [0, 0.1) is 0 Å². The second-order valence-corrected chi connectivity index (χ2v) is 5.70. The molecule has 1 amide bonds. The molecule has 0 saturated heterocycles. The van der Waals surface area contributed by atoms with Gasteiger partial charge in [-0.25, -0.2) is 5.43 Å². The van der Waals surface area contributed by atoms with Crippen molar-refractivity contribution >= 4 is 52.6 Å². The van der Waals surface area contributed by atoms with Crippen molar-refractivity contribution in [2.24, 2.45) is 5.10 Å². The SMILES string of the molecule is O=C(CNc1ccccc1Cl)N/N=C/c1cc(Cl)cc(Cl)c1O. The predicted molar refractivity (Wildman–Crippen MR) is 93.8 cm³/mol. The number of phenols is 1. The number of hydrogen-bond acceptors (Lipinski definition) is 4. The van der Waals surface area contributed by atoms with Gasteiger partial charge in [0.15, 0.2) is 0 Å². The molecule has 2 rings (SSSR count). The van der Waals surface area contributed by atoms with Crippen LogP contribution >= 0.6 is 34.8 Å². The molecular weight excluding hydrogens is 361 g/mol. The monoisotopic (exact) mass is 371 g/mol. The number of para-hydroxylation sites is 1. The molecule has 0 aromatic heterocycles. The first-order valence-electron chi connectivity index (χ1n) is 6.45. The highest BCUT2D eigenvalue weighted by Crippen LogP contribution is 2.29. The number of phenolic OH excluding ortho intramolecular Hbond substituents is 1. The number of hydrazone groups is 1. The number of hydrogen-bond donors (Lipinski definition) is 3. The molecule has 2 aromatic carbocycles. The van der Waals surface area contributed by atoms with Gasteiger partial charge in [-0.3, -0.25) is 4.79 Å². The minimum absolute atomic E-state index is 0.0106. The van der Waals surface area contributed by atoms with Crippen molar-refractivity contribution in [1.29, 1.82) is 0 Å². The Kier molecular flexibility index (Phi) is 6.10. The van der Waals surface area contributed by atoms with Crippen LogP contribution in [0.5, 0.6) is 5.75 Å². The van der Waals surface area contributed by atoms with Gasteiger partial charge in [0, 0.05) is 10.6 Å². The van der Waals surface area contributed by atoms with E-state index in [1.807, 2.05) is 0 Å². The van der Waals surface area contributed by atoms with Crippen molar-refractivity contribution in [2.45, 2.75) is 0 Å². The van der Waals surface area contributed by atoms with Gasteiger partial charge in [-0.2, -0.15) is 5.10 Å². The summed E-state index contributed by atoms with van der Waals surface area (Å²) in [5.41, 5.74) is 3.25. The summed E-state index contributed by atoms with van der Waals surface area (Å²) in [7, 11) is 0. The highest BCUT2D eigenvalue weighted by Gasteiger charge is 2.06. The number of carbonyl (C=O) groups excluding carboxylic acids is 1. The molecule has 3 N–H and O–H groups in total. The average Bonchev–Trinajstić information content (AvgIpc) is 2.51. The molecular formula is C15H12Cl3N3O2. The summed E-state index contributed by atoms with van der Waals surface area (Å²) in [6.45, 7) is -0.0106. The summed E-state index contributed by atoms with van der Waals surface area (Å²) in [6, 6.07) is 9.94. The largest absolute Gasteiger partial charge is 0.506 e. The molecule has 0 aliphatic heterocycles. The standard InChI is InChI=1S/C15H12Cl3N3O2/c16-10-5-9(15(23)12(18)6-10)7-20-21-14(22)8-19-13-4-2-1-3-11(13)17/h1-7,19,23H,8H2,(H,21,22)/b20-7+. The predicted octanol–water partition coefficient (Wildman–Crippen LogP) is 3.91. The third kappa shape index (κ3) is 5.03. The molecule has 8 heteroatoms. The Morgan fingerprint density at radius 1 is 1.17 bits per heavy atom. The maximum absolute atomic E-state index is 11.7. The lowest BCUT2D eigenvalue weighted by Gasteiger charge is -2.07. The molecule has 0 aliphatic rings. The molecule has 0 aliphatic carbocycles. The molecule has 5 nitrogen and oxygen atoms in total. The van der Waals surface area contributed by atoms with Crippen LogP contribution < -0.4 is 10.7 Å². The van der Waals surface area contributed by atoms with E-state index in [0.717, 1.165) is 0 Å². The molecule has 0 heterocycles. The van der Waals surface area contributed by atoms with Crippen LogP contribution in [-0.4, -0.2) is 23.8 Å². The number of halogens is 3. The molecule has 120 valence electrons. The number of anilines is 1. The number of rotatable bonds is 5. The van der Waals surface area contributed by atoms with E-state index in [1.165, 1.54) is 18.3 Å². The maximum atomic E-state index is 11.7. The molecule has 0 spiro atoms. The Hall–Kier alpha value is -1.95. The van der Waals surface area contributed by atoms with E-state index in [0.29, 0.717) is 21.3 Å². The highest BCUT2D eigenvalue weighted by atomic mass is 35.5. The van der Waals surface area contributed by atoms with Crippen LogP contribution in [-0.2, 0) is 4.79 Å². The van der Waals surface area contributed by atoms with Crippen LogP contribution in [0.1, 0.15) is 5.56 Å². The van der Waals surface area contributed by atoms with E-state index < -0.39 is 0 Å². The lowest BCUT2D eigenvalue weighted by atomic mass is 10.2. The van der Waals surface area contributed by atoms with Gasteiger partial charge in [0.2, 0.25) is 0 Å². The molecule has 2 aromatic rings. The minimum Gasteiger partial charge on any atom is -0.506 e. The fourth-order valence-electron chi connectivity index (χ4n) is 1.68. The zero-order chi connectivity index (χ0) is 16.8. The molecule has 0 bridgehead atoms. The van der Waals surface area contributed by atoms with Crippen LogP contribution in [0.15, 0.2) is 41.5 Å². The summed E-state index contributed by atoms with van der Waals surface area (Å²) >= 11 is 17.6. The third-order valence-corrected chi connectivity index (χ3v) is 3.60. The fraction of sp³-hybridized carbons (Fsp3) is 0.0667. The second kappa shape index (κ2) is 8.06. The van der Waals surface area contributed by atoms with Crippen molar-refractivity contribution in [3.05, 3.63) is 57.0 Å². The van der Waals surface area contributed by atoms with Gasteiger partial charge in [-0.15, -0.1) is 0 Å². The topological polar surface area (TPSA) is 73.7 Å². The number of benzene rings is 2. The number of nitrogens with one attached hydrogen (secondary N) is 2. The Balaban J connectivity index is 1.91. The van der Waals surface area contributed by atoms with Gasteiger partial charge >= 0.3 is 0 Å². The summed E-state index contributed by atoms with van der Waals surface area (Å²) in [5.74, 6) is -0.544. The van der Waals surface area contributed by atoms with Crippen molar-refractivity contribution in [2.75, 3.05) is 11.9 Å². The van der Waals surface area contributed by atoms with Crippen LogP contribution in [0.3, 0.4) is 0 Å². The smallest absolute Gasteiger partial charge is 0.259 e. The van der Waals surface area contributed by atoms with Gasteiger partial charge in [-0.1, -0.05) is 46.9 Å². The van der Waals surface area contributed by atoms with E-state index in [4.69, 9.17) is 34.8 Å². The van der Waals surface area contributed by atoms with Crippen molar-refractivity contribution in [3.63, 3.8) is 0 Å². The van der Waals surface area contributed by atoms with Gasteiger partial charge in [0.1, 0.15) is 5.75 Å². The Morgan fingerprint density at radius 2 is 1.91 bits per heavy atom. The molecule has 0 saturated carbocycles. The highest BCUT2D eigenvalue weighted by molar-refractivity contribution is 6.36. The Morgan fingerprint density at radius 3 is 2.65 bits per heavy atom. The Bertz CT molecular complexity index is 751. The molecule has 0 radical (unpaired) electrons. The number of amides is 1. The van der Waals surface area contributed by atoms with E-state index in [9.17, 15) is 9.90 Å². The first-order valence-corrected chi connectivity index (χ1v) is 7.59. The van der Waals surface area contributed by atoms with E-state index in [1.54, 1.807) is 24.3 Å². The Labute approximate surface area is 147 Å². The number of aromatic hydroxyl groups is 1. The second-order valence-electron chi connectivity index (χ2n) is 4.45. The summed E-state index contributed by atoms with van der Waals surface area (Å²) in [5, 5.41) is 17.3. The van der Waals surface area contributed by atoms with E-state index in [-0.39, 0.29) is 23.2 Å². The van der Waals surface area contributed by atoms with Crippen molar-refractivity contribution in [1.82, 2.24) is 5.43 Å². The number of carbonyl (C=O) groups is 1. The molecule has 0 atom stereocenters. The molecule has 23 heavy (non-hydrogen) atoms. The van der Waals surface area contributed by atoms with Crippen LogP contribution in [0.4, 0.5) is 5.69 Å². The van der Waals surface area contributed by atoms with Gasteiger partial charge in [0.05, 0.1) is 28.5 Å². The third-order valence-electron chi connectivity index (χ3n) is 2.76. The quantitative estimate of drug-likeness (QED) is 0.550. The summed E-state index contributed by atoms with van der Waals surface area (Å²) in [6.07, 6.45) is 1.25. The average molecular weight is 373 g/mol. The first kappa shape index (κ1) is 17.4. The van der Waals surface area contributed by atoms with Gasteiger partial charge in [0.25, 0.3) is 5.91 Å². The summed E-state index contributed by atoms with van der Waals surface area (Å²) in [4.78, 5) is 11.7. The van der Waals surface area contributed by atoms with Crippen LogP contribution in [0.25, 0.3) is 0 Å². The summed E-state index contributed by atoms with van der Waals surface area (Å²) < 4.78 is 0. The fourth-order valence-corrected chi connectivity index (χ4v) is 2.39. The lowest BCUT2D eigenvalue weighted by molar-refractivity contribution is -0.119. The molecule has 0 fully saturated rings. The van der Waals surface area contributed by atoms with Crippen LogP contribution in [0.2, 0.25) is 15.1 Å². The van der Waals surface area contributed by atoms with Crippen molar-refractivity contribution < 1.29 is 9.90 Å². The van der Waals surface area contributed by atoms with Crippen molar-refractivity contribution in [3.8, 4) is 5.75 Å². The first-order chi connectivity index (χ1) is 11.0. The van der Waals surface area contributed by atoms with E-state index in [2.05, 4.69) is 15.8 Å². The van der Waals surface area contributed by atoms with Gasteiger partial charge in [-0.05, 0) is 24.3 Å². The normalized spacial score (nSPS) is 10.7. The van der Waals surface area contributed by atoms with E-state index >= 15 is 0 Å².